The molecule has 0 saturated carbocycles. The van der Waals surface area contributed by atoms with Crippen LogP contribution in [0.15, 0.2) is 60.2 Å². The molecule has 0 aliphatic carbocycles. The number of anilines is 1. The highest BCUT2D eigenvalue weighted by Crippen LogP contribution is 2.24. The molecule has 1 aromatic carbocycles. The average molecular weight is 326 g/mol. The third-order valence-corrected chi connectivity index (χ3v) is 4.21. The number of methoxy groups -OCH3 is 1. The highest BCUT2D eigenvalue weighted by molar-refractivity contribution is 7.12. The maximum Gasteiger partial charge on any atom is 0.350 e. The predicted octanol–water partition coefficient (Wildman–Crippen LogP) is 3.58. The lowest BCUT2D eigenvalue weighted by molar-refractivity contribution is 0.0607. The van der Waals surface area contributed by atoms with Crippen molar-refractivity contribution in [2.24, 2.45) is 0 Å². The molecule has 0 bridgehead atoms. The number of amides is 1. The molecular formula is C17H14N2O3S. The summed E-state index contributed by atoms with van der Waals surface area (Å²) in [5.74, 6) is -0.731. The molecule has 0 aliphatic heterocycles. The molecule has 3 aromatic rings. The van der Waals surface area contributed by atoms with Gasteiger partial charge in [0, 0.05) is 23.6 Å². The Balaban J connectivity index is 1.76. The Labute approximate surface area is 137 Å². The molecule has 116 valence electrons. The number of rotatable bonds is 4. The number of aromatic nitrogens is 1. The maximum absolute atomic E-state index is 12.3. The molecule has 1 amide bonds. The molecule has 0 saturated heterocycles. The maximum atomic E-state index is 12.3. The van der Waals surface area contributed by atoms with Gasteiger partial charge in [0.1, 0.15) is 4.88 Å². The van der Waals surface area contributed by atoms with Crippen molar-refractivity contribution in [2.75, 3.05) is 12.4 Å². The molecular weight excluding hydrogens is 312 g/mol. The van der Waals surface area contributed by atoms with Crippen LogP contribution in [0.1, 0.15) is 20.0 Å². The van der Waals surface area contributed by atoms with Crippen LogP contribution in [0.3, 0.4) is 0 Å². The monoisotopic (exact) mass is 326 g/mol. The number of nitrogens with one attached hydrogen (secondary N) is 1. The first-order valence-electron chi connectivity index (χ1n) is 6.89. The molecule has 2 aromatic heterocycles. The first-order valence-corrected chi connectivity index (χ1v) is 7.77. The molecule has 1 N–H and O–H groups in total. The summed E-state index contributed by atoms with van der Waals surface area (Å²) in [6.07, 6.45) is 3.87. The van der Waals surface area contributed by atoms with E-state index in [-0.39, 0.29) is 5.91 Å². The van der Waals surface area contributed by atoms with Crippen LogP contribution >= 0.6 is 11.3 Å². The van der Waals surface area contributed by atoms with Gasteiger partial charge in [-0.25, -0.2) is 4.79 Å². The Morgan fingerprint density at radius 2 is 1.78 bits per heavy atom. The zero-order valence-electron chi connectivity index (χ0n) is 12.4. The van der Waals surface area contributed by atoms with Gasteiger partial charge < -0.3 is 14.6 Å². The number of carbonyl (C=O) groups excluding carboxylic acids is 2. The molecule has 0 atom stereocenters. The number of carbonyl (C=O) groups is 2. The third-order valence-electron chi connectivity index (χ3n) is 3.32. The molecule has 3 rings (SSSR count). The van der Waals surface area contributed by atoms with E-state index in [1.165, 1.54) is 18.4 Å². The first kappa shape index (κ1) is 15.1. The lowest BCUT2D eigenvalue weighted by atomic mass is 10.2. The van der Waals surface area contributed by atoms with Crippen LogP contribution < -0.4 is 5.32 Å². The van der Waals surface area contributed by atoms with Crippen molar-refractivity contribution in [1.82, 2.24) is 4.57 Å². The fourth-order valence-corrected chi connectivity index (χ4v) is 2.91. The van der Waals surface area contributed by atoms with Gasteiger partial charge in [0.2, 0.25) is 0 Å². The highest BCUT2D eigenvalue weighted by Gasteiger charge is 2.16. The number of nitrogens with zero attached hydrogens (tertiary/aromatic N) is 1. The number of thiophene rings is 1. The lowest BCUT2D eigenvalue weighted by Gasteiger charge is -2.07. The highest BCUT2D eigenvalue weighted by atomic mass is 32.1. The van der Waals surface area contributed by atoms with Crippen LogP contribution in [0.2, 0.25) is 0 Å². The SMILES string of the molecule is COC(=O)c1sccc1NC(=O)c1ccc(-n2cccc2)cc1. The van der Waals surface area contributed by atoms with Crippen molar-refractivity contribution in [1.29, 1.82) is 0 Å². The summed E-state index contributed by atoms with van der Waals surface area (Å²) in [6, 6.07) is 12.8. The van der Waals surface area contributed by atoms with Gasteiger partial charge in [-0.2, -0.15) is 0 Å². The van der Waals surface area contributed by atoms with Gasteiger partial charge >= 0.3 is 5.97 Å². The van der Waals surface area contributed by atoms with Crippen LogP contribution in [-0.4, -0.2) is 23.6 Å². The topological polar surface area (TPSA) is 60.3 Å². The predicted molar refractivity (Wildman–Crippen MR) is 89.4 cm³/mol. The number of benzene rings is 1. The van der Waals surface area contributed by atoms with Gasteiger partial charge in [0.15, 0.2) is 0 Å². The van der Waals surface area contributed by atoms with Crippen molar-refractivity contribution in [3.8, 4) is 5.69 Å². The second-order valence-electron chi connectivity index (χ2n) is 4.75. The van der Waals surface area contributed by atoms with Gasteiger partial charge in [-0.05, 0) is 47.8 Å². The van der Waals surface area contributed by atoms with E-state index in [1.54, 1.807) is 23.6 Å². The van der Waals surface area contributed by atoms with Crippen molar-refractivity contribution in [3.63, 3.8) is 0 Å². The van der Waals surface area contributed by atoms with Crippen molar-refractivity contribution >= 4 is 28.9 Å². The Hall–Kier alpha value is -2.86. The van der Waals surface area contributed by atoms with Crippen molar-refractivity contribution < 1.29 is 14.3 Å². The van der Waals surface area contributed by atoms with Gasteiger partial charge in [-0.15, -0.1) is 11.3 Å². The summed E-state index contributed by atoms with van der Waals surface area (Å²) >= 11 is 1.23. The quantitative estimate of drug-likeness (QED) is 0.746. The van der Waals surface area contributed by atoms with Gasteiger partial charge in [-0.1, -0.05) is 0 Å². The van der Waals surface area contributed by atoms with Crippen LogP contribution in [0.25, 0.3) is 5.69 Å². The van der Waals surface area contributed by atoms with E-state index in [0.717, 1.165) is 5.69 Å². The number of hydrogen-bond acceptors (Lipinski definition) is 4. The second kappa shape index (κ2) is 6.50. The Morgan fingerprint density at radius 3 is 2.43 bits per heavy atom. The van der Waals surface area contributed by atoms with E-state index in [4.69, 9.17) is 4.74 Å². The average Bonchev–Trinajstić information content (AvgIpc) is 3.26. The van der Waals surface area contributed by atoms with Crippen LogP contribution in [0, 0.1) is 0 Å². The Morgan fingerprint density at radius 1 is 1.09 bits per heavy atom. The fraction of sp³-hybridized carbons (Fsp3) is 0.0588. The number of hydrogen-bond donors (Lipinski definition) is 1. The van der Waals surface area contributed by atoms with E-state index < -0.39 is 5.97 Å². The number of esters is 1. The normalized spacial score (nSPS) is 10.3. The lowest BCUT2D eigenvalue weighted by Crippen LogP contribution is -2.14. The summed E-state index contributed by atoms with van der Waals surface area (Å²) in [5, 5.41) is 4.47. The molecule has 5 nitrogen and oxygen atoms in total. The fourth-order valence-electron chi connectivity index (χ4n) is 2.14. The molecule has 0 aliphatic rings. The van der Waals surface area contributed by atoms with Crippen molar-refractivity contribution in [3.05, 3.63) is 70.7 Å². The summed E-state index contributed by atoms with van der Waals surface area (Å²) in [5.41, 5.74) is 1.95. The van der Waals surface area contributed by atoms with Crippen LogP contribution in [0.5, 0.6) is 0 Å². The van der Waals surface area contributed by atoms with E-state index in [2.05, 4.69) is 5.32 Å². The van der Waals surface area contributed by atoms with E-state index in [1.807, 2.05) is 41.2 Å². The Bertz CT molecular complexity index is 820. The van der Waals surface area contributed by atoms with Crippen molar-refractivity contribution in [2.45, 2.75) is 0 Å². The molecule has 0 fully saturated rings. The summed E-state index contributed by atoms with van der Waals surface area (Å²) in [6.45, 7) is 0. The van der Waals surface area contributed by atoms with E-state index in [0.29, 0.717) is 16.1 Å². The summed E-state index contributed by atoms with van der Waals surface area (Å²) in [4.78, 5) is 24.3. The van der Waals surface area contributed by atoms with Gasteiger partial charge in [0.25, 0.3) is 5.91 Å². The largest absolute Gasteiger partial charge is 0.465 e. The number of ether oxygens (including phenoxy) is 1. The van der Waals surface area contributed by atoms with Gasteiger partial charge in [-0.3, -0.25) is 4.79 Å². The summed E-state index contributed by atoms with van der Waals surface area (Å²) in [7, 11) is 1.31. The third kappa shape index (κ3) is 3.17. The van der Waals surface area contributed by atoms with E-state index in [9.17, 15) is 9.59 Å². The van der Waals surface area contributed by atoms with Gasteiger partial charge in [0.05, 0.1) is 12.8 Å². The van der Waals surface area contributed by atoms with Crippen LogP contribution in [-0.2, 0) is 4.74 Å². The molecule has 0 radical (unpaired) electrons. The smallest absolute Gasteiger partial charge is 0.350 e. The Kier molecular flexibility index (Phi) is 4.25. The van der Waals surface area contributed by atoms with Crippen LogP contribution in [0.4, 0.5) is 5.69 Å². The zero-order valence-corrected chi connectivity index (χ0v) is 13.2. The molecule has 6 heteroatoms. The second-order valence-corrected chi connectivity index (χ2v) is 5.66. The minimum atomic E-state index is -0.460. The molecule has 0 unspecified atom stereocenters. The molecule has 0 spiro atoms. The minimum Gasteiger partial charge on any atom is -0.465 e. The zero-order chi connectivity index (χ0) is 16.2. The summed E-state index contributed by atoms with van der Waals surface area (Å²) < 4.78 is 6.65. The van der Waals surface area contributed by atoms with E-state index >= 15 is 0 Å². The standard InChI is InChI=1S/C17H14N2O3S/c1-22-17(21)15-14(8-11-23-15)18-16(20)12-4-6-13(7-5-12)19-9-2-3-10-19/h2-11H,1H3,(H,18,20). The minimum absolute atomic E-state index is 0.271. The first-order chi connectivity index (χ1) is 11.2. The molecule has 2 heterocycles. The molecule has 23 heavy (non-hydrogen) atoms.